The monoisotopic (exact) mass is 422 g/mol. The molecule has 0 amide bonds. The molecule has 31 heavy (non-hydrogen) atoms. The standard InChI is InChI=1S/C21H22N6O4/c1-12-10-17(24-21(22-12)27-14(3)9-13(2)25-27)30-11-18-23-20(26-31-18)15-7-6-8-16(28-4)19(15)29-5/h6-10H,11H2,1-5H3. The van der Waals surface area contributed by atoms with Gasteiger partial charge in [-0.3, -0.25) is 0 Å². The summed E-state index contributed by atoms with van der Waals surface area (Å²) in [6.07, 6.45) is 0. The molecule has 0 fully saturated rings. The minimum absolute atomic E-state index is 0.0479. The van der Waals surface area contributed by atoms with Crippen molar-refractivity contribution in [2.24, 2.45) is 0 Å². The van der Waals surface area contributed by atoms with Crippen LogP contribution in [0.2, 0.25) is 0 Å². The summed E-state index contributed by atoms with van der Waals surface area (Å²) in [5.41, 5.74) is 3.22. The Kier molecular flexibility index (Phi) is 5.52. The van der Waals surface area contributed by atoms with Crippen molar-refractivity contribution in [2.75, 3.05) is 14.2 Å². The average Bonchev–Trinajstić information content (AvgIpc) is 3.37. The fraction of sp³-hybridized carbons (Fsp3) is 0.286. The largest absolute Gasteiger partial charge is 0.493 e. The number of hydrogen-bond acceptors (Lipinski definition) is 9. The first kappa shape index (κ1) is 20.3. The van der Waals surface area contributed by atoms with Gasteiger partial charge in [0, 0.05) is 17.5 Å². The lowest BCUT2D eigenvalue weighted by Gasteiger charge is -2.09. The van der Waals surface area contributed by atoms with E-state index in [0.29, 0.717) is 40.6 Å². The van der Waals surface area contributed by atoms with E-state index in [4.69, 9.17) is 18.7 Å². The fourth-order valence-corrected chi connectivity index (χ4v) is 3.15. The second kappa shape index (κ2) is 8.42. The molecule has 0 aliphatic carbocycles. The molecule has 0 aliphatic heterocycles. The number of rotatable bonds is 7. The number of nitrogens with zero attached hydrogens (tertiary/aromatic N) is 6. The minimum Gasteiger partial charge on any atom is -0.493 e. The van der Waals surface area contributed by atoms with Crippen molar-refractivity contribution in [3.05, 3.63) is 53.3 Å². The molecule has 0 saturated carbocycles. The van der Waals surface area contributed by atoms with Gasteiger partial charge in [0.1, 0.15) is 0 Å². The van der Waals surface area contributed by atoms with Gasteiger partial charge in [-0.05, 0) is 39.0 Å². The Morgan fingerprint density at radius 2 is 1.81 bits per heavy atom. The molecule has 0 bridgehead atoms. The normalized spacial score (nSPS) is 10.9. The Morgan fingerprint density at radius 1 is 0.968 bits per heavy atom. The van der Waals surface area contributed by atoms with Crippen LogP contribution in [0.4, 0.5) is 0 Å². The highest BCUT2D eigenvalue weighted by Crippen LogP contribution is 2.36. The van der Waals surface area contributed by atoms with Crippen LogP contribution in [-0.4, -0.2) is 44.1 Å². The van der Waals surface area contributed by atoms with E-state index in [-0.39, 0.29) is 6.61 Å². The number of hydrogen-bond donors (Lipinski definition) is 0. The molecule has 0 atom stereocenters. The van der Waals surface area contributed by atoms with Crippen LogP contribution in [0.5, 0.6) is 17.4 Å². The van der Waals surface area contributed by atoms with E-state index in [1.54, 1.807) is 31.0 Å². The molecular formula is C21H22N6O4. The zero-order chi connectivity index (χ0) is 22.0. The quantitative estimate of drug-likeness (QED) is 0.443. The van der Waals surface area contributed by atoms with Gasteiger partial charge in [0.25, 0.3) is 11.8 Å². The maximum atomic E-state index is 5.79. The van der Waals surface area contributed by atoms with E-state index in [1.165, 1.54) is 0 Å². The van der Waals surface area contributed by atoms with Crippen LogP contribution in [0.1, 0.15) is 23.0 Å². The van der Waals surface area contributed by atoms with Crippen LogP contribution >= 0.6 is 0 Å². The number of aryl methyl sites for hydroxylation is 3. The van der Waals surface area contributed by atoms with E-state index in [9.17, 15) is 0 Å². The summed E-state index contributed by atoms with van der Waals surface area (Å²) in [4.78, 5) is 13.3. The Hall–Kier alpha value is -3.95. The van der Waals surface area contributed by atoms with Crippen molar-refractivity contribution < 1.29 is 18.7 Å². The molecule has 4 rings (SSSR count). The van der Waals surface area contributed by atoms with Gasteiger partial charge < -0.3 is 18.7 Å². The van der Waals surface area contributed by atoms with Crippen molar-refractivity contribution in [3.63, 3.8) is 0 Å². The van der Waals surface area contributed by atoms with E-state index in [0.717, 1.165) is 17.1 Å². The predicted molar refractivity (Wildman–Crippen MR) is 111 cm³/mol. The SMILES string of the molecule is COc1cccc(-c2noc(COc3cc(C)nc(-n4nc(C)cc4C)n3)n2)c1OC. The van der Waals surface area contributed by atoms with Crippen LogP contribution < -0.4 is 14.2 Å². The summed E-state index contributed by atoms with van der Waals surface area (Å²) in [6.45, 7) is 5.77. The van der Waals surface area contributed by atoms with E-state index < -0.39 is 0 Å². The predicted octanol–water partition coefficient (Wildman–Crippen LogP) is 3.23. The lowest BCUT2D eigenvalue weighted by Crippen LogP contribution is -2.08. The van der Waals surface area contributed by atoms with Crippen LogP contribution in [0.15, 0.2) is 34.9 Å². The minimum atomic E-state index is 0.0479. The van der Waals surface area contributed by atoms with Gasteiger partial charge in [0.2, 0.25) is 11.7 Å². The van der Waals surface area contributed by atoms with Crippen LogP contribution in [-0.2, 0) is 6.61 Å². The number of methoxy groups -OCH3 is 2. The third-order valence-corrected chi connectivity index (χ3v) is 4.47. The molecule has 0 N–H and O–H groups in total. The maximum absolute atomic E-state index is 5.79. The number of aromatic nitrogens is 6. The molecule has 3 aromatic heterocycles. The van der Waals surface area contributed by atoms with Gasteiger partial charge >= 0.3 is 0 Å². The molecule has 4 aromatic rings. The molecule has 0 unspecified atom stereocenters. The summed E-state index contributed by atoms with van der Waals surface area (Å²) in [5, 5.41) is 8.45. The van der Waals surface area contributed by atoms with E-state index >= 15 is 0 Å². The van der Waals surface area contributed by atoms with Gasteiger partial charge in [-0.25, -0.2) is 9.67 Å². The zero-order valence-corrected chi connectivity index (χ0v) is 17.9. The Balaban J connectivity index is 1.54. The second-order valence-corrected chi connectivity index (χ2v) is 6.83. The highest BCUT2D eigenvalue weighted by Gasteiger charge is 2.17. The zero-order valence-electron chi connectivity index (χ0n) is 17.9. The summed E-state index contributed by atoms with van der Waals surface area (Å²) in [6, 6.07) is 9.14. The Labute approximate surface area is 178 Å². The molecular weight excluding hydrogens is 400 g/mol. The molecule has 1 aromatic carbocycles. The molecule has 10 heteroatoms. The third kappa shape index (κ3) is 4.18. The lowest BCUT2D eigenvalue weighted by molar-refractivity contribution is 0.234. The Morgan fingerprint density at radius 3 is 2.52 bits per heavy atom. The van der Waals surface area contributed by atoms with Crippen molar-refractivity contribution >= 4 is 0 Å². The molecule has 0 radical (unpaired) electrons. The van der Waals surface area contributed by atoms with Gasteiger partial charge in [-0.15, -0.1) is 0 Å². The topological polar surface area (TPSA) is 110 Å². The number of benzene rings is 1. The maximum Gasteiger partial charge on any atom is 0.264 e. The van der Waals surface area contributed by atoms with Crippen molar-refractivity contribution in [2.45, 2.75) is 27.4 Å². The van der Waals surface area contributed by atoms with Gasteiger partial charge in [0.15, 0.2) is 18.1 Å². The molecule has 160 valence electrons. The average molecular weight is 422 g/mol. The van der Waals surface area contributed by atoms with Crippen LogP contribution in [0.25, 0.3) is 17.3 Å². The molecule has 10 nitrogen and oxygen atoms in total. The highest BCUT2D eigenvalue weighted by molar-refractivity contribution is 5.68. The van der Waals surface area contributed by atoms with Crippen molar-refractivity contribution in [1.82, 2.24) is 29.9 Å². The second-order valence-electron chi connectivity index (χ2n) is 6.83. The number of ether oxygens (including phenoxy) is 3. The fourth-order valence-electron chi connectivity index (χ4n) is 3.15. The van der Waals surface area contributed by atoms with Crippen LogP contribution in [0, 0.1) is 20.8 Å². The van der Waals surface area contributed by atoms with E-state index in [2.05, 4.69) is 25.2 Å². The molecule has 0 aliphatic rings. The Bertz CT molecular complexity index is 1220. The summed E-state index contributed by atoms with van der Waals surface area (Å²) >= 11 is 0. The van der Waals surface area contributed by atoms with E-state index in [1.807, 2.05) is 39.0 Å². The molecule has 0 saturated heterocycles. The van der Waals surface area contributed by atoms with Crippen molar-refractivity contribution in [3.8, 4) is 34.7 Å². The summed E-state index contributed by atoms with van der Waals surface area (Å²) < 4.78 is 23.6. The highest BCUT2D eigenvalue weighted by atomic mass is 16.5. The number of para-hydroxylation sites is 1. The van der Waals surface area contributed by atoms with Gasteiger partial charge in [-0.2, -0.15) is 15.1 Å². The van der Waals surface area contributed by atoms with Gasteiger partial charge in [-0.1, -0.05) is 11.2 Å². The van der Waals surface area contributed by atoms with Gasteiger partial charge in [0.05, 0.1) is 25.5 Å². The summed E-state index contributed by atoms with van der Waals surface area (Å²) in [5.74, 6) is 2.59. The first-order chi connectivity index (χ1) is 15.0. The molecule has 0 spiro atoms. The summed E-state index contributed by atoms with van der Waals surface area (Å²) in [7, 11) is 3.13. The van der Waals surface area contributed by atoms with Crippen LogP contribution in [0.3, 0.4) is 0 Å². The molecule has 3 heterocycles. The third-order valence-electron chi connectivity index (χ3n) is 4.47. The van der Waals surface area contributed by atoms with Crippen molar-refractivity contribution in [1.29, 1.82) is 0 Å². The first-order valence-corrected chi connectivity index (χ1v) is 9.54. The lowest BCUT2D eigenvalue weighted by atomic mass is 10.1. The first-order valence-electron chi connectivity index (χ1n) is 9.54. The smallest absolute Gasteiger partial charge is 0.264 e.